The maximum Gasteiger partial charge on any atom is 0.193 e. The molecule has 1 aromatic heterocycles. The van der Waals surface area contributed by atoms with E-state index in [0.29, 0.717) is 0 Å². The third-order valence-corrected chi connectivity index (χ3v) is 4.67. The van der Waals surface area contributed by atoms with Crippen LogP contribution >= 0.6 is 0 Å². The molecule has 0 unspecified atom stereocenters. The van der Waals surface area contributed by atoms with E-state index in [9.17, 15) is 0 Å². The van der Waals surface area contributed by atoms with Crippen molar-refractivity contribution < 1.29 is 4.74 Å². The van der Waals surface area contributed by atoms with Crippen LogP contribution in [-0.2, 0) is 13.5 Å². The first-order valence-corrected chi connectivity index (χ1v) is 9.02. The van der Waals surface area contributed by atoms with Crippen LogP contribution in [0.15, 0.2) is 41.7 Å². The minimum atomic E-state index is 0.852. The van der Waals surface area contributed by atoms with E-state index >= 15 is 0 Å². The number of ether oxygens (including phenoxy) is 1. The summed E-state index contributed by atoms with van der Waals surface area (Å²) in [6, 6.07) is 8.20. The molecule has 140 valence electrons. The Morgan fingerprint density at radius 3 is 2.65 bits per heavy atom. The summed E-state index contributed by atoms with van der Waals surface area (Å²) >= 11 is 0. The van der Waals surface area contributed by atoms with Gasteiger partial charge in [0.1, 0.15) is 5.75 Å². The number of hydrogen-bond acceptors (Lipinski definition) is 4. The summed E-state index contributed by atoms with van der Waals surface area (Å²) in [7, 11) is 5.51. The van der Waals surface area contributed by atoms with Crippen molar-refractivity contribution in [2.45, 2.75) is 6.42 Å². The molecule has 0 spiro atoms. The fourth-order valence-corrected chi connectivity index (χ4v) is 3.30. The third kappa shape index (κ3) is 4.28. The Bertz CT molecular complexity index is 733. The lowest BCUT2D eigenvalue weighted by Crippen LogP contribution is -2.52. The fourth-order valence-electron chi connectivity index (χ4n) is 3.30. The number of guanidine groups is 1. The summed E-state index contributed by atoms with van der Waals surface area (Å²) in [4.78, 5) is 9.13. The molecule has 0 aliphatic carbocycles. The number of anilines is 1. The Morgan fingerprint density at radius 1 is 1.23 bits per heavy atom. The van der Waals surface area contributed by atoms with Crippen LogP contribution in [0.5, 0.6) is 5.75 Å². The lowest BCUT2D eigenvalue weighted by molar-refractivity contribution is 0.367. The van der Waals surface area contributed by atoms with Crippen molar-refractivity contribution in [3.8, 4) is 5.75 Å². The first kappa shape index (κ1) is 18.1. The van der Waals surface area contributed by atoms with E-state index in [4.69, 9.17) is 4.74 Å². The van der Waals surface area contributed by atoms with Gasteiger partial charge in [0, 0.05) is 53.0 Å². The van der Waals surface area contributed by atoms with Crippen molar-refractivity contribution in [2.24, 2.45) is 12.0 Å². The fraction of sp³-hybridized carbons (Fsp3) is 0.474. The monoisotopic (exact) mass is 356 g/mol. The zero-order chi connectivity index (χ0) is 18.4. The number of para-hydroxylation sites is 2. The number of hydrogen-bond donors (Lipinski definition) is 1. The summed E-state index contributed by atoms with van der Waals surface area (Å²) in [5, 5.41) is 7.68. The van der Waals surface area contributed by atoms with Crippen molar-refractivity contribution in [1.82, 2.24) is 20.0 Å². The standard InChI is InChI=1S/C19H28N6O/c1-20-19(21-9-8-16-14-22-23(2)15-16)25-12-10-24(11-13-25)17-6-4-5-7-18(17)26-3/h4-7,14-15H,8-13H2,1-3H3,(H,20,21). The largest absolute Gasteiger partial charge is 0.495 e. The van der Waals surface area contributed by atoms with Crippen molar-refractivity contribution >= 4 is 11.6 Å². The number of nitrogens with one attached hydrogen (secondary N) is 1. The maximum atomic E-state index is 5.49. The van der Waals surface area contributed by atoms with E-state index in [1.807, 2.05) is 37.1 Å². The Hall–Kier alpha value is -2.70. The Balaban J connectivity index is 1.51. The van der Waals surface area contributed by atoms with Gasteiger partial charge in [-0.05, 0) is 24.1 Å². The predicted molar refractivity (Wildman–Crippen MR) is 105 cm³/mol. The normalized spacial score (nSPS) is 15.3. The molecule has 2 aromatic rings. The van der Waals surface area contributed by atoms with E-state index in [2.05, 4.69) is 43.5 Å². The minimum Gasteiger partial charge on any atom is -0.495 e. The number of nitrogens with zero attached hydrogens (tertiary/aromatic N) is 5. The second-order valence-corrected chi connectivity index (χ2v) is 6.39. The van der Waals surface area contributed by atoms with Crippen molar-refractivity contribution in [3.05, 3.63) is 42.2 Å². The van der Waals surface area contributed by atoms with E-state index in [0.717, 1.165) is 56.5 Å². The maximum absolute atomic E-state index is 5.49. The van der Waals surface area contributed by atoms with Gasteiger partial charge in [-0.2, -0.15) is 5.10 Å². The van der Waals surface area contributed by atoms with Crippen LogP contribution < -0.4 is 15.0 Å². The quantitative estimate of drug-likeness (QED) is 0.648. The minimum absolute atomic E-state index is 0.852. The molecule has 0 radical (unpaired) electrons. The van der Waals surface area contributed by atoms with Crippen molar-refractivity contribution in [1.29, 1.82) is 0 Å². The van der Waals surface area contributed by atoms with Crippen LogP contribution in [0, 0.1) is 0 Å². The van der Waals surface area contributed by atoms with E-state index < -0.39 is 0 Å². The first-order chi connectivity index (χ1) is 12.7. The highest BCUT2D eigenvalue weighted by Crippen LogP contribution is 2.28. The molecule has 0 bridgehead atoms. The molecule has 1 fully saturated rings. The van der Waals surface area contributed by atoms with Gasteiger partial charge in [-0.3, -0.25) is 9.67 Å². The van der Waals surface area contributed by atoms with Crippen LogP contribution in [0.25, 0.3) is 0 Å². The molecule has 0 atom stereocenters. The lowest BCUT2D eigenvalue weighted by atomic mass is 10.2. The predicted octanol–water partition coefficient (Wildman–Crippen LogP) is 1.37. The molecule has 7 heteroatoms. The SMILES string of the molecule is CN=C(NCCc1cnn(C)c1)N1CCN(c2ccccc2OC)CC1. The zero-order valence-corrected chi connectivity index (χ0v) is 15.9. The van der Waals surface area contributed by atoms with Crippen LogP contribution in [0.4, 0.5) is 5.69 Å². The van der Waals surface area contributed by atoms with Gasteiger partial charge in [-0.25, -0.2) is 0 Å². The van der Waals surface area contributed by atoms with Gasteiger partial charge in [-0.1, -0.05) is 12.1 Å². The topological polar surface area (TPSA) is 57.9 Å². The molecule has 1 aromatic carbocycles. The van der Waals surface area contributed by atoms with Gasteiger partial charge in [0.25, 0.3) is 0 Å². The van der Waals surface area contributed by atoms with Crippen LogP contribution in [0.3, 0.4) is 0 Å². The number of aromatic nitrogens is 2. The highest BCUT2D eigenvalue weighted by atomic mass is 16.5. The molecule has 0 saturated carbocycles. The van der Waals surface area contributed by atoms with Crippen LogP contribution in [0.2, 0.25) is 0 Å². The number of piperazine rings is 1. The first-order valence-electron chi connectivity index (χ1n) is 9.02. The van der Waals surface area contributed by atoms with Gasteiger partial charge in [0.2, 0.25) is 0 Å². The molecular formula is C19H28N6O. The van der Waals surface area contributed by atoms with Gasteiger partial charge in [0.05, 0.1) is 19.0 Å². The molecule has 2 heterocycles. The van der Waals surface area contributed by atoms with Gasteiger partial charge >= 0.3 is 0 Å². The van der Waals surface area contributed by atoms with Crippen molar-refractivity contribution in [3.63, 3.8) is 0 Å². The van der Waals surface area contributed by atoms with E-state index in [1.54, 1.807) is 7.11 Å². The highest BCUT2D eigenvalue weighted by molar-refractivity contribution is 5.80. The van der Waals surface area contributed by atoms with Crippen LogP contribution in [0.1, 0.15) is 5.56 Å². The van der Waals surface area contributed by atoms with Gasteiger partial charge < -0.3 is 19.9 Å². The molecule has 26 heavy (non-hydrogen) atoms. The smallest absolute Gasteiger partial charge is 0.193 e. The van der Waals surface area contributed by atoms with Crippen LogP contribution in [-0.4, -0.2) is 67.5 Å². The molecule has 3 rings (SSSR count). The zero-order valence-electron chi connectivity index (χ0n) is 15.9. The van der Waals surface area contributed by atoms with Crippen molar-refractivity contribution in [2.75, 3.05) is 51.8 Å². The molecule has 1 N–H and O–H groups in total. The molecule has 7 nitrogen and oxygen atoms in total. The summed E-state index contributed by atoms with van der Waals surface area (Å²) in [6.07, 6.45) is 4.90. The molecule has 1 aliphatic heterocycles. The lowest BCUT2D eigenvalue weighted by Gasteiger charge is -2.38. The summed E-state index contributed by atoms with van der Waals surface area (Å²) < 4.78 is 7.33. The number of aliphatic imine (C=N–C) groups is 1. The molecule has 0 amide bonds. The second kappa shape index (κ2) is 8.60. The van der Waals surface area contributed by atoms with E-state index in [-0.39, 0.29) is 0 Å². The number of aryl methyl sites for hydroxylation is 1. The summed E-state index contributed by atoms with van der Waals surface area (Å²) in [6.45, 7) is 4.62. The summed E-state index contributed by atoms with van der Waals surface area (Å²) in [5.41, 5.74) is 2.39. The Kier molecular flexibility index (Phi) is 5.99. The third-order valence-electron chi connectivity index (χ3n) is 4.67. The molecule has 1 saturated heterocycles. The Morgan fingerprint density at radius 2 is 2.00 bits per heavy atom. The van der Waals surface area contributed by atoms with Gasteiger partial charge in [-0.15, -0.1) is 0 Å². The van der Waals surface area contributed by atoms with Gasteiger partial charge in [0.15, 0.2) is 5.96 Å². The highest BCUT2D eigenvalue weighted by Gasteiger charge is 2.21. The molecular weight excluding hydrogens is 328 g/mol. The average Bonchev–Trinajstić information content (AvgIpc) is 3.10. The summed E-state index contributed by atoms with van der Waals surface area (Å²) in [5.74, 6) is 1.90. The molecule has 1 aliphatic rings. The van der Waals surface area contributed by atoms with E-state index in [1.165, 1.54) is 5.56 Å². The average molecular weight is 356 g/mol. The Labute approximate surface area is 155 Å². The second-order valence-electron chi connectivity index (χ2n) is 6.39. The number of rotatable bonds is 5. The number of benzene rings is 1. The number of methoxy groups -OCH3 is 1.